The summed E-state index contributed by atoms with van der Waals surface area (Å²) >= 11 is 6.56. The molecule has 0 fully saturated rings. The molecule has 1 heterocycles. The van der Waals surface area contributed by atoms with Crippen molar-refractivity contribution < 1.29 is 23.8 Å². The van der Waals surface area contributed by atoms with Gasteiger partial charge in [0.1, 0.15) is 17.4 Å². The quantitative estimate of drug-likeness (QED) is 0.686. The normalized spacial score (nSPS) is 20.0. The number of hydrogen-bond donors (Lipinski definition) is 2. The molecular weight excluding hydrogens is 422 g/mol. The number of nitrogens with zero attached hydrogens (tertiary/aromatic N) is 1. The van der Waals surface area contributed by atoms with Crippen LogP contribution in [0.25, 0.3) is 0 Å². The minimum atomic E-state index is -0.797. The first-order valence-corrected chi connectivity index (χ1v) is 10.2. The second kappa shape index (κ2) is 8.52. The Morgan fingerprint density at radius 2 is 2.00 bits per heavy atom. The summed E-state index contributed by atoms with van der Waals surface area (Å²) in [4.78, 5) is 24.2. The summed E-state index contributed by atoms with van der Waals surface area (Å²) in [7, 11) is 0. The Hall–Kier alpha value is -3.18. The summed E-state index contributed by atoms with van der Waals surface area (Å²) in [5.41, 5.74) is 11.9. The van der Waals surface area contributed by atoms with Crippen molar-refractivity contribution in [2.24, 2.45) is 16.9 Å². The number of allylic oxidation sites excluding steroid dienone is 3. The number of primary amides is 1. The standard InChI is InChI=1S/C22H24ClN3O5/c1-4-29-15-5-11(13(23)6-16(15)30-10-18(25)28)19-12(9-24)21(26)31-17-8-22(2,3)7-14(27)20(17)19/h5-6,19H,4,7-8,10,26H2,1-3H3,(H2,25,28). The minimum absolute atomic E-state index is 0.0557. The fourth-order valence-corrected chi connectivity index (χ4v) is 4.16. The van der Waals surface area contributed by atoms with Gasteiger partial charge in [-0.1, -0.05) is 25.4 Å². The van der Waals surface area contributed by atoms with Crippen LogP contribution in [-0.2, 0) is 14.3 Å². The molecule has 0 spiro atoms. The fourth-order valence-electron chi connectivity index (χ4n) is 3.90. The van der Waals surface area contributed by atoms with E-state index in [4.69, 9.17) is 37.3 Å². The molecule has 164 valence electrons. The lowest BCUT2D eigenvalue weighted by Crippen LogP contribution is -2.33. The van der Waals surface area contributed by atoms with Gasteiger partial charge in [0.2, 0.25) is 5.88 Å². The van der Waals surface area contributed by atoms with Gasteiger partial charge in [0.15, 0.2) is 23.9 Å². The van der Waals surface area contributed by atoms with Gasteiger partial charge in [0.25, 0.3) is 5.91 Å². The van der Waals surface area contributed by atoms with Gasteiger partial charge < -0.3 is 25.7 Å². The van der Waals surface area contributed by atoms with Crippen LogP contribution in [0.5, 0.6) is 11.5 Å². The van der Waals surface area contributed by atoms with E-state index in [-0.39, 0.29) is 40.0 Å². The predicted molar refractivity (Wildman–Crippen MR) is 113 cm³/mol. The Morgan fingerprint density at radius 1 is 1.32 bits per heavy atom. The van der Waals surface area contributed by atoms with Crippen molar-refractivity contribution in [3.05, 3.63) is 45.5 Å². The van der Waals surface area contributed by atoms with E-state index >= 15 is 0 Å². The van der Waals surface area contributed by atoms with Crippen LogP contribution in [0.3, 0.4) is 0 Å². The number of nitriles is 1. The molecule has 1 atom stereocenters. The number of nitrogens with two attached hydrogens (primary N) is 2. The molecular formula is C22H24ClN3O5. The van der Waals surface area contributed by atoms with E-state index in [0.29, 0.717) is 42.1 Å². The van der Waals surface area contributed by atoms with E-state index in [1.165, 1.54) is 6.07 Å². The highest BCUT2D eigenvalue weighted by Crippen LogP contribution is 2.50. The largest absolute Gasteiger partial charge is 0.490 e. The highest BCUT2D eigenvalue weighted by Gasteiger charge is 2.43. The molecule has 8 nitrogen and oxygen atoms in total. The lowest BCUT2D eigenvalue weighted by atomic mass is 9.70. The molecule has 0 bridgehead atoms. The first-order chi connectivity index (χ1) is 14.6. The van der Waals surface area contributed by atoms with E-state index in [9.17, 15) is 14.9 Å². The van der Waals surface area contributed by atoms with Crippen molar-refractivity contribution in [2.45, 2.75) is 39.5 Å². The van der Waals surface area contributed by atoms with Crippen LogP contribution in [0.2, 0.25) is 5.02 Å². The van der Waals surface area contributed by atoms with E-state index < -0.39 is 11.8 Å². The van der Waals surface area contributed by atoms with Gasteiger partial charge in [-0.3, -0.25) is 9.59 Å². The molecule has 1 amide bonds. The van der Waals surface area contributed by atoms with E-state index in [2.05, 4.69) is 6.07 Å². The molecule has 0 saturated heterocycles. The van der Waals surface area contributed by atoms with Crippen LogP contribution >= 0.6 is 11.6 Å². The Bertz CT molecular complexity index is 1050. The number of hydrogen-bond acceptors (Lipinski definition) is 7. The summed E-state index contributed by atoms with van der Waals surface area (Å²) in [6.07, 6.45) is 0.805. The van der Waals surface area contributed by atoms with Gasteiger partial charge in [-0.25, -0.2) is 0 Å². The molecule has 1 aliphatic carbocycles. The van der Waals surface area contributed by atoms with E-state index in [0.717, 1.165) is 0 Å². The van der Waals surface area contributed by atoms with Crippen molar-refractivity contribution in [3.8, 4) is 17.6 Å². The second-order valence-electron chi connectivity index (χ2n) is 8.21. The molecule has 4 N–H and O–H groups in total. The first-order valence-electron chi connectivity index (χ1n) is 9.79. The molecule has 1 aliphatic heterocycles. The number of ether oxygens (including phenoxy) is 3. The van der Waals surface area contributed by atoms with Crippen LogP contribution < -0.4 is 20.9 Å². The lowest BCUT2D eigenvalue weighted by Gasteiger charge is -2.37. The summed E-state index contributed by atoms with van der Waals surface area (Å²) in [5.74, 6) is -0.655. The van der Waals surface area contributed by atoms with Crippen LogP contribution in [0.4, 0.5) is 0 Å². The summed E-state index contributed by atoms with van der Waals surface area (Å²) in [5, 5.41) is 10.0. The number of rotatable bonds is 6. The van der Waals surface area contributed by atoms with Gasteiger partial charge in [0.05, 0.1) is 12.5 Å². The van der Waals surface area contributed by atoms with Gasteiger partial charge >= 0.3 is 0 Å². The third kappa shape index (κ3) is 4.47. The zero-order valence-electron chi connectivity index (χ0n) is 17.6. The number of amides is 1. The molecule has 0 aromatic heterocycles. The van der Waals surface area contributed by atoms with Gasteiger partial charge in [-0.2, -0.15) is 5.26 Å². The first kappa shape index (κ1) is 22.5. The van der Waals surface area contributed by atoms with Crippen LogP contribution in [0.1, 0.15) is 45.1 Å². The number of carbonyl (C=O) groups is 2. The Morgan fingerprint density at radius 3 is 2.61 bits per heavy atom. The molecule has 2 aliphatic rings. The number of carbonyl (C=O) groups excluding carboxylic acids is 2. The topological polar surface area (TPSA) is 138 Å². The second-order valence-corrected chi connectivity index (χ2v) is 8.62. The van der Waals surface area contributed by atoms with Crippen molar-refractivity contribution in [3.63, 3.8) is 0 Å². The SMILES string of the molecule is CCOc1cc(C2C(C#N)=C(N)OC3=C2C(=O)CC(C)(C)C3)c(Cl)cc1OCC(N)=O. The minimum Gasteiger partial charge on any atom is -0.490 e. The average molecular weight is 446 g/mol. The summed E-state index contributed by atoms with van der Waals surface area (Å²) in [6, 6.07) is 5.13. The maximum Gasteiger partial charge on any atom is 0.255 e. The van der Waals surface area contributed by atoms with Gasteiger partial charge in [0, 0.05) is 29.5 Å². The number of ketones is 1. The zero-order valence-corrected chi connectivity index (χ0v) is 18.3. The predicted octanol–water partition coefficient (Wildman–Crippen LogP) is 3.05. The molecule has 0 saturated carbocycles. The Balaban J connectivity index is 2.17. The average Bonchev–Trinajstić information content (AvgIpc) is 2.66. The third-order valence-electron chi connectivity index (χ3n) is 5.12. The summed E-state index contributed by atoms with van der Waals surface area (Å²) in [6.45, 7) is 5.68. The molecule has 31 heavy (non-hydrogen) atoms. The van der Waals surface area contributed by atoms with Crippen molar-refractivity contribution >= 4 is 23.3 Å². The van der Waals surface area contributed by atoms with Gasteiger partial charge in [-0.15, -0.1) is 0 Å². The highest BCUT2D eigenvalue weighted by molar-refractivity contribution is 6.31. The number of halogens is 1. The maximum atomic E-state index is 13.1. The smallest absolute Gasteiger partial charge is 0.255 e. The van der Waals surface area contributed by atoms with Crippen LogP contribution in [-0.4, -0.2) is 24.9 Å². The van der Waals surface area contributed by atoms with Crippen molar-refractivity contribution in [1.29, 1.82) is 5.26 Å². The molecule has 1 aromatic rings. The Labute approximate surface area is 185 Å². The van der Waals surface area contributed by atoms with Crippen LogP contribution in [0.15, 0.2) is 34.9 Å². The lowest BCUT2D eigenvalue weighted by molar-refractivity contribution is -0.120. The van der Waals surface area contributed by atoms with Gasteiger partial charge in [-0.05, 0) is 24.0 Å². The zero-order chi connectivity index (χ0) is 22.9. The van der Waals surface area contributed by atoms with E-state index in [1.54, 1.807) is 13.0 Å². The highest BCUT2D eigenvalue weighted by atomic mass is 35.5. The summed E-state index contributed by atoms with van der Waals surface area (Å²) < 4.78 is 16.8. The van der Waals surface area contributed by atoms with Crippen molar-refractivity contribution in [2.75, 3.05) is 13.2 Å². The van der Waals surface area contributed by atoms with E-state index in [1.807, 2.05) is 13.8 Å². The Kier molecular flexibility index (Phi) is 6.18. The fraction of sp³-hybridized carbons (Fsp3) is 0.409. The number of benzene rings is 1. The molecule has 3 rings (SSSR count). The molecule has 1 unspecified atom stereocenters. The third-order valence-corrected chi connectivity index (χ3v) is 5.45. The maximum absolute atomic E-state index is 13.1. The molecule has 1 aromatic carbocycles. The number of Topliss-reactive ketones (excluding diaryl/α,β-unsaturated/α-hetero) is 1. The molecule has 9 heteroatoms. The van der Waals surface area contributed by atoms with Crippen molar-refractivity contribution in [1.82, 2.24) is 0 Å². The van der Waals surface area contributed by atoms with Crippen LogP contribution in [0, 0.1) is 16.7 Å². The monoisotopic (exact) mass is 445 g/mol. The molecule has 0 radical (unpaired) electrons.